The van der Waals surface area contributed by atoms with Crippen molar-refractivity contribution in [3.05, 3.63) is 41.9 Å². The molecule has 2 N–H and O–H groups in total. The molecule has 6 nitrogen and oxygen atoms in total. The van der Waals surface area contributed by atoms with Crippen molar-refractivity contribution < 1.29 is 4.79 Å². The molecule has 1 amide bonds. The zero-order chi connectivity index (χ0) is 19.6. The summed E-state index contributed by atoms with van der Waals surface area (Å²) >= 11 is 0. The van der Waals surface area contributed by atoms with Gasteiger partial charge in [-0.25, -0.2) is 9.97 Å². The van der Waals surface area contributed by atoms with E-state index in [2.05, 4.69) is 46.4 Å². The lowest BCUT2D eigenvalue weighted by Gasteiger charge is -2.17. The predicted octanol–water partition coefficient (Wildman–Crippen LogP) is 4.15. The highest BCUT2D eigenvalue weighted by atomic mass is 16.1. The Bertz CT molecular complexity index is 747. The number of nitrogens with zero attached hydrogens (tertiary/aromatic N) is 3. The summed E-state index contributed by atoms with van der Waals surface area (Å²) in [6.45, 7) is 7.99. The molecule has 146 valence electrons. The summed E-state index contributed by atoms with van der Waals surface area (Å²) < 4.78 is 0. The molecule has 1 aromatic heterocycles. The van der Waals surface area contributed by atoms with E-state index in [9.17, 15) is 4.79 Å². The highest BCUT2D eigenvalue weighted by Gasteiger charge is 2.09. The van der Waals surface area contributed by atoms with Gasteiger partial charge in [0.1, 0.15) is 12.1 Å². The third-order valence-electron chi connectivity index (χ3n) is 4.46. The SMILES string of the molecule is CCCCN(C)CCC(=O)Nc1cc(Nc2cc(C)ncn2)ccc1CC. The Hall–Kier alpha value is -2.47. The lowest BCUT2D eigenvalue weighted by atomic mass is 10.1. The molecule has 1 aromatic carbocycles. The summed E-state index contributed by atoms with van der Waals surface area (Å²) in [4.78, 5) is 22.9. The highest BCUT2D eigenvalue weighted by molar-refractivity contribution is 5.92. The Labute approximate surface area is 162 Å². The van der Waals surface area contributed by atoms with E-state index in [0.717, 1.165) is 54.4 Å². The quantitative estimate of drug-likeness (QED) is 0.658. The second-order valence-corrected chi connectivity index (χ2v) is 6.85. The number of unbranched alkanes of at least 4 members (excludes halogenated alkanes) is 1. The van der Waals surface area contributed by atoms with Crippen molar-refractivity contribution in [3.63, 3.8) is 0 Å². The second-order valence-electron chi connectivity index (χ2n) is 6.85. The maximum absolute atomic E-state index is 12.4. The summed E-state index contributed by atoms with van der Waals surface area (Å²) in [5.74, 6) is 0.782. The van der Waals surface area contributed by atoms with Crippen molar-refractivity contribution in [2.45, 2.75) is 46.5 Å². The fourth-order valence-electron chi connectivity index (χ4n) is 2.79. The van der Waals surface area contributed by atoms with E-state index in [4.69, 9.17) is 0 Å². The first-order chi connectivity index (χ1) is 13.0. The van der Waals surface area contributed by atoms with Gasteiger partial charge < -0.3 is 15.5 Å². The Balaban J connectivity index is 2.01. The van der Waals surface area contributed by atoms with E-state index < -0.39 is 0 Å². The zero-order valence-electron chi connectivity index (χ0n) is 16.9. The van der Waals surface area contributed by atoms with Crippen LogP contribution in [-0.2, 0) is 11.2 Å². The van der Waals surface area contributed by atoms with Gasteiger partial charge >= 0.3 is 0 Å². The van der Waals surface area contributed by atoms with Crippen LogP contribution < -0.4 is 10.6 Å². The van der Waals surface area contributed by atoms with Crippen molar-refractivity contribution in [2.24, 2.45) is 0 Å². The van der Waals surface area contributed by atoms with Crippen LogP contribution in [0.15, 0.2) is 30.6 Å². The van der Waals surface area contributed by atoms with Gasteiger partial charge in [0, 0.05) is 36.1 Å². The van der Waals surface area contributed by atoms with E-state index in [-0.39, 0.29) is 5.91 Å². The van der Waals surface area contributed by atoms with Gasteiger partial charge in [0.15, 0.2) is 0 Å². The van der Waals surface area contributed by atoms with Gasteiger partial charge in [0.25, 0.3) is 0 Å². The van der Waals surface area contributed by atoms with Crippen LogP contribution in [0.25, 0.3) is 0 Å². The van der Waals surface area contributed by atoms with E-state index >= 15 is 0 Å². The molecule has 6 heteroatoms. The van der Waals surface area contributed by atoms with Crippen LogP contribution in [-0.4, -0.2) is 40.9 Å². The number of amides is 1. The van der Waals surface area contributed by atoms with Gasteiger partial charge in [-0.15, -0.1) is 0 Å². The number of benzene rings is 1. The monoisotopic (exact) mass is 369 g/mol. The fraction of sp³-hybridized carbons (Fsp3) is 0.476. The third kappa shape index (κ3) is 6.98. The normalized spacial score (nSPS) is 10.9. The van der Waals surface area contributed by atoms with E-state index in [1.807, 2.05) is 31.2 Å². The van der Waals surface area contributed by atoms with Gasteiger partial charge in [-0.2, -0.15) is 0 Å². The molecule has 0 unspecified atom stereocenters. The molecular formula is C21H31N5O. The molecule has 0 fully saturated rings. The Morgan fingerprint density at radius 2 is 1.96 bits per heavy atom. The average molecular weight is 370 g/mol. The molecule has 27 heavy (non-hydrogen) atoms. The van der Waals surface area contributed by atoms with Crippen LogP contribution in [0.3, 0.4) is 0 Å². The topological polar surface area (TPSA) is 70.2 Å². The van der Waals surface area contributed by atoms with Crippen molar-refractivity contribution >= 4 is 23.1 Å². The first-order valence-electron chi connectivity index (χ1n) is 9.68. The third-order valence-corrected chi connectivity index (χ3v) is 4.46. The van der Waals surface area contributed by atoms with E-state index in [1.54, 1.807) is 0 Å². The van der Waals surface area contributed by atoms with Crippen molar-refractivity contribution in [1.29, 1.82) is 0 Å². The number of carbonyl (C=O) groups is 1. The molecule has 0 aliphatic carbocycles. The summed E-state index contributed by atoms with van der Waals surface area (Å²) in [7, 11) is 2.06. The maximum atomic E-state index is 12.4. The van der Waals surface area contributed by atoms with Gasteiger partial charge in [0.2, 0.25) is 5.91 Å². The molecule has 1 heterocycles. The minimum atomic E-state index is 0.0445. The molecule has 0 atom stereocenters. The molecule has 0 radical (unpaired) electrons. The van der Waals surface area contributed by atoms with Gasteiger partial charge in [-0.05, 0) is 51.1 Å². The molecule has 0 spiro atoms. The largest absolute Gasteiger partial charge is 0.340 e. The molecule has 2 rings (SSSR count). The number of carbonyl (C=O) groups excluding carboxylic acids is 1. The van der Waals surface area contributed by atoms with Gasteiger partial charge in [-0.3, -0.25) is 4.79 Å². The fourth-order valence-corrected chi connectivity index (χ4v) is 2.79. The number of rotatable bonds is 10. The Kier molecular flexibility index (Phi) is 8.20. The van der Waals surface area contributed by atoms with E-state index in [0.29, 0.717) is 6.42 Å². The maximum Gasteiger partial charge on any atom is 0.225 e. The van der Waals surface area contributed by atoms with Crippen LogP contribution in [0.2, 0.25) is 0 Å². The Morgan fingerprint density at radius 3 is 2.67 bits per heavy atom. The van der Waals surface area contributed by atoms with Crippen molar-refractivity contribution in [1.82, 2.24) is 14.9 Å². The Morgan fingerprint density at radius 1 is 1.15 bits per heavy atom. The summed E-state index contributed by atoms with van der Waals surface area (Å²) in [5, 5.41) is 6.34. The van der Waals surface area contributed by atoms with Crippen LogP contribution >= 0.6 is 0 Å². The van der Waals surface area contributed by atoms with E-state index in [1.165, 1.54) is 12.7 Å². The number of anilines is 3. The van der Waals surface area contributed by atoms with Gasteiger partial charge in [-0.1, -0.05) is 26.3 Å². The summed E-state index contributed by atoms with van der Waals surface area (Å²) in [6, 6.07) is 7.90. The molecule has 2 aromatic rings. The minimum absolute atomic E-state index is 0.0445. The lowest BCUT2D eigenvalue weighted by molar-refractivity contribution is -0.116. The number of hydrogen-bond donors (Lipinski definition) is 2. The first-order valence-corrected chi connectivity index (χ1v) is 9.68. The van der Waals surface area contributed by atoms with Gasteiger partial charge in [0.05, 0.1) is 0 Å². The number of hydrogen-bond acceptors (Lipinski definition) is 5. The van der Waals surface area contributed by atoms with Crippen LogP contribution in [0.5, 0.6) is 0 Å². The molecule has 0 aliphatic rings. The highest BCUT2D eigenvalue weighted by Crippen LogP contribution is 2.24. The minimum Gasteiger partial charge on any atom is -0.340 e. The summed E-state index contributed by atoms with van der Waals surface area (Å²) in [5.41, 5.74) is 3.76. The second kappa shape index (κ2) is 10.6. The van der Waals surface area contributed by atoms with Crippen LogP contribution in [0, 0.1) is 6.92 Å². The molecule has 0 bridgehead atoms. The molecular weight excluding hydrogens is 338 g/mol. The lowest BCUT2D eigenvalue weighted by Crippen LogP contribution is -2.25. The first kappa shape index (κ1) is 20.8. The standard InChI is InChI=1S/C21H31N5O/c1-5-7-11-26(4)12-10-21(27)25-19-14-18(9-8-17(19)6-2)24-20-13-16(3)22-15-23-20/h8-9,13-15H,5-7,10-12H2,1-4H3,(H,25,27)(H,22,23,24). The number of nitrogens with one attached hydrogen (secondary N) is 2. The summed E-state index contributed by atoms with van der Waals surface area (Å²) in [6.07, 6.45) is 5.22. The molecule has 0 saturated carbocycles. The number of aromatic nitrogens is 2. The predicted molar refractivity (Wildman–Crippen MR) is 112 cm³/mol. The average Bonchev–Trinajstić information content (AvgIpc) is 2.65. The van der Waals surface area contributed by atoms with Crippen LogP contribution in [0.1, 0.15) is 44.4 Å². The van der Waals surface area contributed by atoms with Crippen LogP contribution in [0.4, 0.5) is 17.2 Å². The smallest absolute Gasteiger partial charge is 0.225 e. The molecule has 0 saturated heterocycles. The number of aryl methyl sites for hydroxylation is 2. The zero-order valence-corrected chi connectivity index (χ0v) is 16.9. The van der Waals surface area contributed by atoms with Crippen molar-refractivity contribution in [3.8, 4) is 0 Å². The molecule has 0 aliphatic heterocycles. The van der Waals surface area contributed by atoms with Crippen molar-refractivity contribution in [2.75, 3.05) is 30.8 Å².